The summed E-state index contributed by atoms with van der Waals surface area (Å²) >= 11 is 0. The number of Topliss-reactive ketones (excluding diaryl/α,β-unsaturated/α-hetero) is 1. The van der Waals surface area contributed by atoms with Crippen LogP contribution in [0.5, 0.6) is 0 Å². The standard InChI is InChI=1S/C27H36O8/c1-7-14(2)23(31)35-26-10-16(4)27(33)19(21(26)24(26,6)13-34-17(5)29)9-18(12-28)11-25(32)20(27)8-15(3)22(25)30/h7-9,16,19-21,28,32-33H,10-13H2,1-6H3/t16?,19?,20?,21?,24-,25-,26+,27-/m1/s1. The Bertz CT molecular complexity index is 1070. The lowest BCUT2D eigenvalue weighted by Gasteiger charge is -2.50. The van der Waals surface area contributed by atoms with Crippen LogP contribution in [-0.4, -0.2) is 63.1 Å². The Kier molecular flexibility index (Phi) is 5.98. The molecule has 0 spiro atoms. The molecule has 0 amide bonds. The molecule has 4 rings (SSSR count). The highest BCUT2D eigenvalue weighted by atomic mass is 16.6. The van der Waals surface area contributed by atoms with Gasteiger partial charge in [-0.3, -0.25) is 9.59 Å². The van der Waals surface area contributed by atoms with Gasteiger partial charge in [-0.2, -0.15) is 0 Å². The Labute approximate surface area is 205 Å². The number of carbonyl (C=O) groups excluding carboxylic acids is 3. The van der Waals surface area contributed by atoms with E-state index in [-0.39, 0.29) is 26.1 Å². The van der Waals surface area contributed by atoms with Crippen molar-refractivity contribution in [1.29, 1.82) is 0 Å². The van der Waals surface area contributed by atoms with E-state index < -0.39 is 63.6 Å². The van der Waals surface area contributed by atoms with Crippen molar-refractivity contribution in [1.82, 2.24) is 0 Å². The molecule has 0 aromatic carbocycles. The normalized spacial score (nSPS) is 44.3. The molecule has 8 heteroatoms. The highest BCUT2D eigenvalue weighted by Crippen LogP contribution is 2.76. The van der Waals surface area contributed by atoms with Crippen LogP contribution in [-0.2, 0) is 23.9 Å². The fourth-order valence-corrected chi connectivity index (χ4v) is 7.23. The second-order valence-electron chi connectivity index (χ2n) is 11.2. The number of fused-ring (bicyclic) bond motifs is 5. The molecular formula is C27H36O8. The van der Waals surface area contributed by atoms with Gasteiger partial charge >= 0.3 is 11.9 Å². The van der Waals surface area contributed by atoms with E-state index in [1.807, 2.05) is 13.8 Å². The summed E-state index contributed by atoms with van der Waals surface area (Å²) in [5.74, 6) is -3.92. The minimum atomic E-state index is -1.87. The zero-order valence-electron chi connectivity index (χ0n) is 21.3. The van der Waals surface area contributed by atoms with Gasteiger partial charge in [-0.05, 0) is 44.3 Å². The second kappa shape index (κ2) is 8.11. The van der Waals surface area contributed by atoms with Crippen molar-refractivity contribution >= 4 is 17.7 Å². The van der Waals surface area contributed by atoms with Crippen molar-refractivity contribution in [3.63, 3.8) is 0 Å². The number of hydrogen-bond acceptors (Lipinski definition) is 8. The van der Waals surface area contributed by atoms with E-state index >= 15 is 0 Å². The number of hydrogen-bond donors (Lipinski definition) is 3. The lowest BCUT2D eigenvalue weighted by atomic mass is 9.60. The molecule has 3 N–H and O–H groups in total. The average molecular weight is 489 g/mol. The smallest absolute Gasteiger partial charge is 0.333 e. The molecule has 2 saturated carbocycles. The number of carbonyl (C=O) groups is 3. The van der Waals surface area contributed by atoms with E-state index in [9.17, 15) is 29.7 Å². The number of aliphatic hydroxyl groups is 3. The summed E-state index contributed by atoms with van der Waals surface area (Å²) < 4.78 is 11.6. The van der Waals surface area contributed by atoms with Gasteiger partial charge in [0.15, 0.2) is 5.78 Å². The van der Waals surface area contributed by atoms with E-state index in [2.05, 4.69) is 0 Å². The first-order valence-corrected chi connectivity index (χ1v) is 12.2. The van der Waals surface area contributed by atoms with Crippen LogP contribution < -0.4 is 0 Å². The van der Waals surface area contributed by atoms with Crippen LogP contribution in [0.2, 0.25) is 0 Å². The predicted octanol–water partition coefficient (Wildman–Crippen LogP) is 2.02. The molecular weight excluding hydrogens is 452 g/mol. The quantitative estimate of drug-likeness (QED) is 0.304. The summed E-state index contributed by atoms with van der Waals surface area (Å²) in [6.07, 6.45) is 5.23. The molecule has 192 valence electrons. The Morgan fingerprint density at radius 3 is 2.46 bits per heavy atom. The van der Waals surface area contributed by atoms with Crippen LogP contribution in [0.4, 0.5) is 0 Å². The van der Waals surface area contributed by atoms with Crippen LogP contribution in [0.25, 0.3) is 0 Å². The van der Waals surface area contributed by atoms with Gasteiger partial charge in [0.2, 0.25) is 0 Å². The van der Waals surface area contributed by atoms with Crippen LogP contribution in [0.3, 0.4) is 0 Å². The van der Waals surface area contributed by atoms with Gasteiger partial charge in [0.05, 0.1) is 12.2 Å². The second-order valence-corrected chi connectivity index (χ2v) is 11.2. The van der Waals surface area contributed by atoms with Gasteiger partial charge in [0.25, 0.3) is 0 Å². The van der Waals surface area contributed by atoms with Gasteiger partial charge in [-0.15, -0.1) is 0 Å². The van der Waals surface area contributed by atoms with Gasteiger partial charge < -0.3 is 24.8 Å². The molecule has 0 aromatic heterocycles. The van der Waals surface area contributed by atoms with Crippen molar-refractivity contribution < 1.29 is 39.2 Å². The van der Waals surface area contributed by atoms with E-state index in [1.165, 1.54) is 6.92 Å². The largest absolute Gasteiger partial charge is 0.465 e. The van der Waals surface area contributed by atoms with Crippen LogP contribution in [0.1, 0.15) is 54.4 Å². The van der Waals surface area contributed by atoms with E-state index in [0.717, 1.165) is 0 Å². The predicted molar refractivity (Wildman–Crippen MR) is 126 cm³/mol. The minimum Gasteiger partial charge on any atom is -0.465 e. The molecule has 4 unspecified atom stereocenters. The topological polar surface area (TPSA) is 130 Å². The molecule has 0 bridgehead atoms. The Morgan fingerprint density at radius 2 is 1.89 bits per heavy atom. The zero-order valence-corrected chi connectivity index (χ0v) is 21.3. The fraction of sp³-hybridized carbons (Fsp3) is 0.667. The third-order valence-electron chi connectivity index (χ3n) is 9.26. The van der Waals surface area contributed by atoms with Crippen molar-refractivity contribution in [2.75, 3.05) is 13.2 Å². The zero-order chi connectivity index (χ0) is 26.1. The minimum absolute atomic E-state index is 0.0144. The van der Waals surface area contributed by atoms with Crippen molar-refractivity contribution in [2.24, 2.45) is 29.1 Å². The van der Waals surface area contributed by atoms with Crippen LogP contribution >= 0.6 is 0 Å². The summed E-state index contributed by atoms with van der Waals surface area (Å²) in [5, 5.41) is 34.1. The van der Waals surface area contributed by atoms with E-state index in [1.54, 1.807) is 39.0 Å². The number of ether oxygens (including phenoxy) is 2. The van der Waals surface area contributed by atoms with Crippen molar-refractivity contribution in [2.45, 2.75) is 71.2 Å². The first-order chi connectivity index (χ1) is 16.2. The van der Waals surface area contributed by atoms with Gasteiger partial charge in [-0.1, -0.05) is 32.1 Å². The molecule has 0 heterocycles. The Hall–Kier alpha value is -2.29. The number of allylic oxidation sites excluding steroid dienone is 1. The van der Waals surface area contributed by atoms with Crippen molar-refractivity contribution in [3.05, 3.63) is 34.9 Å². The molecule has 0 aliphatic heterocycles. The van der Waals surface area contributed by atoms with Crippen molar-refractivity contribution in [3.8, 4) is 0 Å². The first kappa shape index (κ1) is 25.8. The third-order valence-corrected chi connectivity index (χ3v) is 9.26. The molecule has 0 aromatic rings. The number of esters is 2. The molecule has 4 aliphatic rings. The highest BCUT2D eigenvalue weighted by molar-refractivity contribution is 6.04. The maximum atomic E-state index is 13.0. The Morgan fingerprint density at radius 1 is 1.23 bits per heavy atom. The lowest BCUT2D eigenvalue weighted by molar-refractivity contribution is -0.185. The Balaban J connectivity index is 1.87. The maximum absolute atomic E-state index is 13.0. The van der Waals surface area contributed by atoms with Gasteiger partial charge in [0.1, 0.15) is 17.8 Å². The summed E-state index contributed by atoms with van der Waals surface area (Å²) in [6, 6.07) is 0. The van der Waals surface area contributed by atoms with Crippen LogP contribution in [0.15, 0.2) is 34.9 Å². The van der Waals surface area contributed by atoms with Gasteiger partial charge in [-0.25, -0.2) is 4.79 Å². The van der Waals surface area contributed by atoms with Gasteiger partial charge in [0, 0.05) is 42.1 Å². The lowest BCUT2D eigenvalue weighted by Crippen LogP contribution is -2.61. The SMILES string of the molecule is CC=C(C)C(=O)O[C@@]12CC(C)[C@@]3(O)C(C=C(CO)C[C@]4(O)C(=O)C(C)=CC34)C1[C@@]2(C)COC(C)=O. The molecule has 8 nitrogen and oxygen atoms in total. The maximum Gasteiger partial charge on any atom is 0.333 e. The average Bonchev–Trinajstić information content (AvgIpc) is 3.25. The number of rotatable bonds is 5. The summed E-state index contributed by atoms with van der Waals surface area (Å²) in [4.78, 5) is 37.7. The molecule has 0 radical (unpaired) electrons. The monoisotopic (exact) mass is 488 g/mol. The highest BCUT2D eigenvalue weighted by Gasteiger charge is 2.85. The summed E-state index contributed by atoms with van der Waals surface area (Å²) in [5.41, 5.74) is -4.00. The molecule has 0 saturated heterocycles. The summed E-state index contributed by atoms with van der Waals surface area (Å²) in [6.45, 7) is 9.64. The molecule has 4 aliphatic carbocycles. The van der Waals surface area contributed by atoms with Crippen LogP contribution in [0, 0.1) is 29.1 Å². The molecule has 2 fully saturated rings. The molecule has 35 heavy (non-hydrogen) atoms. The fourth-order valence-electron chi connectivity index (χ4n) is 7.23. The summed E-state index contributed by atoms with van der Waals surface area (Å²) in [7, 11) is 0. The van der Waals surface area contributed by atoms with E-state index in [4.69, 9.17) is 9.47 Å². The molecule has 8 atom stereocenters. The third kappa shape index (κ3) is 3.33. The first-order valence-electron chi connectivity index (χ1n) is 12.2. The number of aliphatic hydroxyl groups excluding tert-OH is 1. The van der Waals surface area contributed by atoms with E-state index in [0.29, 0.717) is 16.7 Å². The number of ketones is 1.